The fraction of sp³-hybridized carbons (Fsp3) is 0.278. The number of aromatic nitrogens is 3. The van der Waals surface area contributed by atoms with E-state index < -0.39 is 10.0 Å². The first-order valence-electron chi connectivity index (χ1n) is 8.16. The number of nitrogens with two attached hydrogens (primary N) is 1. The highest BCUT2D eigenvalue weighted by Gasteiger charge is 2.61. The predicted molar refractivity (Wildman–Crippen MR) is 94.6 cm³/mol. The molecule has 7 nitrogen and oxygen atoms in total. The summed E-state index contributed by atoms with van der Waals surface area (Å²) in [5, 5.41) is 9.13. The number of sulfonamides is 1. The van der Waals surface area contributed by atoms with Crippen molar-refractivity contribution in [2.45, 2.75) is 30.7 Å². The summed E-state index contributed by atoms with van der Waals surface area (Å²) in [4.78, 5) is 8.54. The van der Waals surface area contributed by atoms with E-state index in [-0.39, 0.29) is 22.3 Å². The average molecular weight is 370 g/mol. The van der Waals surface area contributed by atoms with Crippen LogP contribution in [0, 0.1) is 5.41 Å². The van der Waals surface area contributed by atoms with Gasteiger partial charge in [-0.15, -0.1) is 0 Å². The van der Waals surface area contributed by atoms with Gasteiger partial charge in [-0.1, -0.05) is 43.3 Å². The number of nitrogens with zero attached hydrogens (tertiary/aromatic N) is 3. The van der Waals surface area contributed by atoms with Crippen molar-refractivity contribution in [1.82, 2.24) is 15.1 Å². The fourth-order valence-electron chi connectivity index (χ4n) is 3.54. The quantitative estimate of drug-likeness (QED) is 0.755. The molecule has 8 heteroatoms. The zero-order valence-electron chi connectivity index (χ0n) is 14.3. The van der Waals surface area contributed by atoms with Gasteiger partial charge in [0.05, 0.1) is 0 Å². The summed E-state index contributed by atoms with van der Waals surface area (Å²) in [5.74, 6) is 1.34. The molecule has 1 fully saturated rings. The standard InChI is InChI=1S/C18H18N4O3S/c1-18(2)14(12-8-9-13(20-10-12)26(19,23)24)15(18)16-21-17(25-22-16)11-6-4-3-5-7-11/h3-10,14-15H,1-2H3,(H2,19,23,24)/t14-,15+/m0/s1. The molecule has 3 aromatic rings. The smallest absolute Gasteiger partial charge is 0.257 e. The Kier molecular flexibility index (Phi) is 3.71. The molecular formula is C18H18N4O3S. The minimum absolute atomic E-state index is 0.0749. The Balaban J connectivity index is 1.62. The van der Waals surface area contributed by atoms with E-state index in [1.165, 1.54) is 6.07 Å². The van der Waals surface area contributed by atoms with Gasteiger partial charge in [0.15, 0.2) is 10.9 Å². The van der Waals surface area contributed by atoms with Gasteiger partial charge in [0.25, 0.3) is 15.9 Å². The van der Waals surface area contributed by atoms with Gasteiger partial charge in [0.1, 0.15) is 0 Å². The molecule has 1 aromatic carbocycles. The Morgan fingerprint density at radius 2 is 1.81 bits per heavy atom. The van der Waals surface area contributed by atoms with E-state index >= 15 is 0 Å². The van der Waals surface area contributed by atoms with Crippen LogP contribution in [-0.4, -0.2) is 23.5 Å². The van der Waals surface area contributed by atoms with Crippen molar-refractivity contribution in [3.8, 4) is 11.5 Å². The number of hydrogen-bond acceptors (Lipinski definition) is 6. The Hall–Kier alpha value is -2.58. The lowest BCUT2D eigenvalue weighted by Crippen LogP contribution is -2.13. The van der Waals surface area contributed by atoms with Crippen LogP contribution in [-0.2, 0) is 10.0 Å². The molecule has 0 amide bonds. The van der Waals surface area contributed by atoms with Crippen molar-refractivity contribution >= 4 is 10.0 Å². The lowest BCUT2D eigenvalue weighted by molar-refractivity contribution is 0.419. The Labute approximate surface area is 151 Å². The molecule has 4 rings (SSSR count). The number of hydrogen-bond donors (Lipinski definition) is 1. The molecule has 2 aromatic heterocycles. The predicted octanol–water partition coefficient (Wildman–Crippen LogP) is 2.69. The zero-order valence-corrected chi connectivity index (χ0v) is 15.1. The molecule has 134 valence electrons. The van der Waals surface area contributed by atoms with Crippen LogP contribution < -0.4 is 5.14 Å². The van der Waals surface area contributed by atoms with Gasteiger partial charge >= 0.3 is 0 Å². The van der Waals surface area contributed by atoms with E-state index in [1.807, 2.05) is 30.3 Å². The first-order chi connectivity index (χ1) is 12.3. The third kappa shape index (κ3) is 2.81. The summed E-state index contributed by atoms with van der Waals surface area (Å²) in [7, 11) is -3.80. The SMILES string of the molecule is CC1(C)[C@@H](c2ccc(S(N)(=O)=O)nc2)[C@@H]1c1noc(-c2ccccc2)n1. The van der Waals surface area contributed by atoms with Gasteiger partial charge in [-0.3, -0.25) is 0 Å². The molecule has 1 saturated carbocycles. The van der Waals surface area contributed by atoms with Crippen LogP contribution in [0.2, 0.25) is 0 Å². The normalized spacial score (nSPS) is 21.5. The second-order valence-corrected chi connectivity index (χ2v) is 8.58. The molecule has 2 N–H and O–H groups in total. The van der Waals surface area contributed by atoms with Crippen molar-refractivity contribution in [2.24, 2.45) is 10.6 Å². The Bertz CT molecular complexity index is 1040. The molecule has 0 bridgehead atoms. The van der Waals surface area contributed by atoms with Crippen LogP contribution in [0.5, 0.6) is 0 Å². The van der Waals surface area contributed by atoms with Gasteiger partial charge in [-0.2, -0.15) is 4.98 Å². The molecule has 26 heavy (non-hydrogen) atoms. The van der Waals surface area contributed by atoms with E-state index in [9.17, 15) is 8.42 Å². The van der Waals surface area contributed by atoms with Crippen molar-refractivity contribution in [2.75, 3.05) is 0 Å². The van der Waals surface area contributed by atoms with Crippen LogP contribution in [0.3, 0.4) is 0 Å². The van der Waals surface area contributed by atoms with Crippen LogP contribution in [0.4, 0.5) is 0 Å². The van der Waals surface area contributed by atoms with Gasteiger partial charge in [-0.25, -0.2) is 18.5 Å². The highest BCUT2D eigenvalue weighted by atomic mass is 32.2. The number of primary sulfonamides is 1. The fourth-order valence-corrected chi connectivity index (χ4v) is 4.00. The van der Waals surface area contributed by atoms with Crippen molar-refractivity contribution < 1.29 is 12.9 Å². The van der Waals surface area contributed by atoms with Crippen molar-refractivity contribution in [3.63, 3.8) is 0 Å². The molecule has 0 saturated heterocycles. The highest BCUT2D eigenvalue weighted by Crippen LogP contribution is 2.69. The second-order valence-electron chi connectivity index (χ2n) is 7.08. The lowest BCUT2D eigenvalue weighted by Gasteiger charge is -2.03. The Morgan fingerprint density at radius 1 is 1.08 bits per heavy atom. The second kappa shape index (κ2) is 5.72. The Morgan fingerprint density at radius 3 is 2.42 bits per heavy atom. The molecule has 0 radical (unpaired) electrons. The topological polar surface area (TPSA) is 112 Å². The van der Waals surface area contributed by atoms with Crippen LogP contribution in [0.25, 0.3) is 11.5 Å². The third-order valence-corrected chi connectivity index (χ3v) is 5.80. The summed E-state index contributed by atoms with van der Waals surface area (Å²) in [6.07, 6.45) is 1.56. The average Bonchev–Trinajstić information content (AvgIpc) is 2.95. The number of benzene rings is 1. The minimum atomic E-state index is -3.80. The van der Waals surface area contributed by atoms with E-state index in [0.29, 0.717) is 11.7 Å². The summed E-state index contributed by atoms with van der Waals surface area (Å²) >= 11 is 0. The lowest BCUT2D eigenvalue weighted by atomic mass is 10.1. The highest BCUT2D eigenvalue weighted by molar-refractivity contribution is 7.89. The summed E-state index contributed by atoms with van der Waals surface area (Å²) < 4.78 is 28.1. The number of pyridine rings is 1. The minimum Gasteiger partial charge on any atom is -0.334 e. The third-order valence-electron chi connectivity index (χ3n) is 4.98. The van der Waals surface area contributed by atoms with Crippen LogP contribution in [0.15, 0.2) is 58.2 Å². The molecule has 2 heterocycles. The van der Waals surface area contributed by atoms with Crippen molar-refractivity contribution in [3.05, 3.63) is 60.0 Å². The van der Waals surface area contributed by atoms with E-state index in [4.69, 9.17) is 9.66 Å². The number of rotatable bonds is 4. The van der Waals surface area contributed by atoms with Gasteiger partial charge in [0.2, 0.25) is 0 Å². The molecule has 0 spiro atoms. The maximum Gasteiger partial charge on any atom is 0.257 e. The van der Waals surface area contributed by atoms with Gasteiger partial charge < -0.3 is 4.52 Å². The molecule has 0 aliphatic heterocycles. The monoisotopic (exact) mass is 370 g/mol. The van der Waals surface area contributed by atoms with Crippen LogP contribution in [0.1, 0.15) is 37.1 Å². The van der Waals surface area contributed by atoms with Gasteiger partial charge in [0, 0.05) is 23.6 Å². The summed E-state index contributed by atoms with van der Waals surface area (Å²) in [6, 6.07) is 12.8. The first kappa shape index (κ1) is 16.9. The van der Waals surface area contributed by atoms with E-state index in [2.05, 4.69) is 29.0 Å². The maximum atomic E-state index is 11.4. The largest absolute Gasteiger partial charge is 0.334 e. The van der Waals surface area contributed by atoms with Crippen LogP contribution >= 0.6 is 0 Å². The first-order valence-corrected chi connectivity index (χ1v) is 9.71. The van der Waals surface area contributed by atoms with E-state index in [0.717, 1.165) is 11.1 Å². The molecular weight excluding hydrogens is 352 g/mol. The maximum absolute atomic E-state index is 11.4. The molecule has 2 atom stereocenters. The molecule has 1 aliphatic carbocycles. The van der Waals surface area contributed by atoms with Gasteiger partial charge in [-0.05, 0) is 29.2 Å². The summed E-state index contributed by atoms with van der Waals surface area (Å²) in [5.41, 5.74) is 1.72. The van der Waals surface area contributed by atoms with E-state index in [1.54, 1.807) is 12.3 Å². The zero-order chi connectivity index (χ0) is 18.5. The summed E-state index contributed by atoms with van der Waals surface area (Å²) in [6.45, 7) is 4.24. The molecule has 1 aliphatic rings. The van der Waals surface area contributed by atoms with Crippen molar-refractivity contribution in [1.29, 1.82) is 0 Å². The molecule has 0 unspecified atom stereocenters.